The molecule has 0 atom stereocenters. The van der Waals surface area contributed by atoms with Crippen molar-refractivity contribution in [3.63, 3.8) is 0 Å². The summed E-state index contributed by atoms with van der Waals surface area (Å²) < 4.78 is 13.2. The molecule has 0 radical (unpaired) electrons. The fraction of sp³-hybridized carbons (Fsp3) is 0.250. The van der Waals surface area contributed by atoms with Crippen molar-refractivity contribution < 1.29 is 9.50 Å². The second kappa shape index (κ2) is 5.31. The molecule has 19 heavy (non-hydrogen) atoms. The molecule has 0 unspecified atom stereocenters. The van der Waals surface area contributed by atoms with Crippen molar-refractivity contribution >= 4 is 5.69 Å². The van der Waals surface area contributed by atoms with Gasteiger partial charge in [-0.3, -0.25) is 0 Å². The van der Waals surface area contributed by atoms with Crippen molar-refractivity contribution in [2.75, 3.05) is 11.9 Å². The van der Waals surface area contributed by atoms with E-state index in [1.807, 2.05) is 11.9 Å². The summed E-state index contributed by atoms with van der Waals surface area (Å²) in [5.74, 6) is -0.451. The molecule has 0 aliphatic carbocycles. The van der Waals surface area contributed by atoms with Crippen LogP contribution in [-0.2, 0) is 6.54 Å². The third kappa shape index (κ3) is 3.25. The highest BCUT2D eigenvalue weighted by atomic mass is 19.1. The molecule has 0 aliphatic heterocycles. The molecule has 0 spiro atoms. The zero-order chi connectivity index (χ0) is 14.0. The van der Waals surface area contributed by atoms with E-state index in [1.54, 1.807) is 6.07 Å². The number of aromatic hydroxyl groups is 1. The topological polar surface area (TPSA) is 23.5 Å². The van der Waals surface area contributed by atoms with Gasteiger partial charge in [0.15, 0.2) is 0 Å². The van der Waals surface area contributed by atoms with Crippen molar-refractivity contribution in [2.24, 2.45) is 0 Å². The molecule has 2 aromatic carbocycles. The Morgan fingerprint density at radius 1 is 1.11 bits per heavy atom. The summed E-state index contributed by atoms with van der Waals surface area (Å²) in [6.07, 6.45) is 0. The minimum absolute atomic E-state index is 0.0379. The second-order valence-electron chi connectivity index (χ2n) is 4.96. The van der Waals surface area contributed by atoms with Crippen molar-refractivity contribution in [1.29, 1.82) is 0 Å². The highest BCUT2D eigenvalue weighted by molar-refractivity contribution is 5.54. The number of rotatable bonds is 3. The molecule has 2 nitrogen and oxygen atoms in total. The fourth-order valence-electron chi connectivity index (χ4n) is 2.32. The number of halogens is 1. The minimum atomic E-state index is -0.413. The van der Waals surface area contributed by atoms with Crippen LogP contribution in [0.3, 0.4) is 0 Å². The molecule has 0 saturated heterocycles. The molecule has 2 aromatic rings. The van der Waals surface area contributed by atoms with Crippen LogP contribution in [0.15, 0.2) is 36.4 Å². The molecule has 0 bridgehead atoms. The number of phenolic OH excluding ortho intramolecular Hbond substituents is 1. The minimum Gasteiger partial charge on any atom is -0.508 e. The number of hydrogen-bond acceptors (Lipinski definition) is 2. The summed E-state index contributed by atoms with van der Waals surface area (Å²) in [6, 6.07) is 10.4. The molecule has 100 valence electrons. The van der Waals surface area contributed by atoms with Crippen molar-refractivity contribution in [2.45, 2.75) is 20.4 Å². The molecular formula is C16H18FNO. The van der Waals surface area contributed by atoms with Crippen LogP contribution in [0.1, 0.15) is 16.7 Å². The summed E-state index contributed by atoms with van der Waals surface area (Å²) in [7, 11) is 1.96. The Kier molecular flexibility index (Phi) is 3.74. The third-order valence-electron chi connectivity index (χ3n) is 3.13. The first kappa shape index (κ1) is 13.4. The average Bonchev–Trinajstić information content (AvgIpc) is 2.26. The molecular weight excluding hydrogens is 241 g/mol. The molecule has 0 amide bonds. The first-order chi connectivity index (χ1) is 8.95. The largest absolute Gasteiger partial charge is 0.508 e. The van der Waals surface area contributed by atoms with E-state index >= 15 is 0 Å². The predicted molar refractivity (Wildman–Crippen MR) is 76.1 cm³/mol. The first-order valence-electron chi connectivity index (χ1n) is 6.22. The Labute approximate surface area is 113 Å². The lowest BCUT2D eigenvalue weighted by Gasteiger charge is -2.22. The SMILES string of the molecule is Cc1ccc(N(C)Cc2cc(O)cc(F)c2)c(C)c1. The highest BCUT2D eigenvalue weighted by Crippen LogP contribution is 2.23. The highest BCUT2D eigenvalue weighted by Gasteiger charge is 2.07. The van der Waals surface area contributed by atoms with Crippen LogP contribution in [-0.4, -0.2) is 12.2 Å². The van der Waals surface area contributed by atoms with Crippen LogP contribution in [0.5, 0.6) is 5.75 Å². The van der Waals surface area contributed by atoms with E-state index in [0.717, 1.165) is 17.3 Å². The number of benzene rings is 2. The van der Waals surface area contributed by atoms with Crippen molar-refractivity contribution in [1.82, 2.24) is 0 Å². The molecule has 1 N–H and O–H groups in total. The number of nitrogens with zero attached hydrogens (tertiary/aromatic N) is 1. The van der Waals surface area contributed by atoms with Gasteiger partial charge in [-0.05, 0) is 43.2 Å². The van der Waals surface area contributed by atoms with E-state index < -0.39 is 5.82 Å². The van der Waals surface area contributed by atoms with Gasteiger partial charge in [0.25, 0.3) is 0 Å². The summed E-state index contributed by atoms with van der Waals surface area (Å²) >= 11 is 0. The van der Waals surface area contributed by atoms with Gasteiger partial charge in [-0.25, -0.2) is 4.39 Å². The number of aryl methyl sites for hydroxylation is 2. The predicted octanol–water partition coefficient (Wildman–Crippen LogP) is 3.78. The Hall–Kier alpha value is -2.03. The lowest BCUT2D eigenvalue weighted by atomic mass is 10.1. The Morgan fingerprint density at radius 2 is 1.84 bits per heavy atom. The smallest absolute Gasteiger partial charge is 0.127 e. The molecule has 0 aliphatic rings. The van der Waals surface area contributed by atoms with Gasteiger partial charge in [0.2, 0.25) is 0 Å². The lowest BCUT2D eigenvalue weighted by Crippen LogP contribution is -2.17. The van der Waals surface area contributed by atoms with Crippen LogP contribution in [0.25, 0.3) is 0 Å². The lowest BCUT2D eigenvalue weighted by molar-refractivity contribution is 0.468. The van der Waals surface area contributed by atoms with E-state index in [2.05, 4.69) is 32.0 Å². The standard InChI is InChI=1S/C16H18FNO/c1-11-4-5-16(12(2)6-11)18(3)10-13-7-14(17)9-15(19)8-13/h4-9,19H,10H2,1-3H3. The van der Waals surface area contributed by atoms with Crippen molar-refractivity contribution in [3.05, 3.63) is 58.9 Å². The molecule has 0 fully saturated rings. The molecule has 2 rings (SSSR count). The van der Waals surface area contributed by atoms with E-state index in [9.17, 15) is 9.50 Å². The molecule has 3 heteroatoms. The number of hydrogen-bond donors (Lipinski definition) is 1. The summed E-state index contributed by atoms with van der Waals surface area (Å²) in [4.78, 5) is 2.04. The van der Waals surface area contributed by atoms with E-state index in [4.69, 9.17) is 0 Å². The second-order valence-corrected chi connectivity index (χ2v) is 4.96. The van der Waals surface area contributed by atoms with E-state index in [0.29, 0.717) is 6.54 Å². The van der Waals surface area contributed by atoms with Gasteiger partial charge in [0, 0.05) is 25.3 Å². The molecule has 0 heterocycles. The van der Waals surface area contributed by atoms with Crippen LogP contribution in [0.4, 0.5) is 10.1 Å². The normalized spacial score (nSPS) is 10.5. The zero-order valence-corrected chi connectivity index (χ0v) is 11.4. The van der Waals surface area contributed by atoms with Gasteiger partial charge < -0.3 is 10.0 Å². The van der Waals surface area contributed by atoms with E-state index in [-0.39, 0.29) is 5.75 Å². The van der Waals surface area contributed by atoms with Gasteiger partial charge in [-0.2, -0.15) is 0 Å². The number of anilines is 1. The van der Waals surface area contributed by atoms with Crippen LogP contribution < -0.4 is 4.90 Å². The van der Waals surface area contributed by atoms with Gasteiger partial charge >= 0.3 is 0 Å². The van der Waals surface area contributed by atoms with Gasteiger partial charge in [0.05, 0.1) is 0 Å². The van der Waals surface area contributed by atoms with Crippen LogP contribution in [0.2, 0.25) is 0 Å². The Morgan fingerprint density at radius 3 is 2.47 bits per heavy atom. The fourth-order valence-corrected chi connectivity index (χ4v) is 2.32. The Balaban J connectivity index is 2.22. The summed E-state index contributed by atoms with van der Waals surface area (Å²) in [6.45, 7) is 4.67. The van der Waals surface area contributed by atoms with Crippen LogP contribution in [0, 0.1) is 19.7 Å². The monoisotopic (exact) mass is 259 g/mol. The average molecular weight is 259 g/mol. The summed E-state index contributed by atoms with van der Waals surface area (Å²) in [5, 5.41) is 9.41. The summed E-state index contributed by atoms with van der Waals surface area (Å²) in [5.41, 5.74) is 4.26. The molecule has 0 aromatic heterocycles. The maximum Gasteiger partial charge on any atom is 0.127 e. The zero-order valence-electron chi connectivity index (χ0n) is 11.4. The van der Waals surface area contributed by atoms with Gasteiger partial charge in [0.1, 0.15) is 11.6 Å². The van der Waals surface area contributed by atoms with E-state index in [1.165, 1.54) is 17.2 Å². The van der Waals surface area contributed by atoms with Crippen LogP contribution >= 0.6 is 0 Å². The third-order valence-corrected chi connectivity index (χ3v) is 3.13. The first-order valence-corrected chi connectivity index (χ1v) is 6.22. The number of phenols is 1. The van der Waals surface area contributed by atoms with Gasteiger partial charge in [-0.15, -0.1) is 0 Å². The van der Waals surface area contributed by atoms with Gasteiger partial charge in [-0.1, -0.05) is 17.7 Å². The maximum absolute atomic E-state index is 13.2. The van der Waals surface area contributed by atoms with Crippen molar-refractivity contribution in [3.8, 4) is 5.75 Å². The maximum atomic E-state index is 13.2. The Bertz CT molecular complexity index is 575. The molecule has 0 saturated carbocycles. The quantitative estimate of drug-likeness (QED) is 0.906.